The van der Waals surface area contributed by atoms with Gasteiger partial charge in [0.2, 0.25) is 0 Å². The zero-order chi connectivity index (χ0) is 18.8. The zero-order valence-electron chi connectivity index (χ0n) is 15.1. The normalized spacial score (nSPS) is 20.6. The highest BCUT2D eigenvalue weighted by atomic mass is 16.6. The summed E-state index contributed by atoms with van der Waals surface area (Å²) in [6.45, 7) is 2.78. The Balaban J connectivity index is 1.33. The first kappa shape index (κ1) is 17.4. The van der Waals surface area contributed by atoms with E-state index < -0.39 is 6.09 Å². The molecule has 2 aromatic carbocycles. The van der Waals surface area contributed by atoms with E-state index in [0.717, 1.165) is 23.3 Å². The van der Waals surface area contributed by atoms with Crippen molar-refractivity contribution in [2.24, 2.45) is 5.92 Å². The molecule has 2 atom stereocenters. The molecule has 27 heavy (non-hydrogen) atoms. The SMILES string of the molecule is CC1CC(=O)Oc2cc(NC(=O)OCC3COc4ccccc4C3)ccc21. The Bertz CT molecular complexity index is 879. The lowest BCUT2D eigenvalue weighted by Gasteiger charge is -2.25. The summed E-state index contributed by atoms with van der Waals surface area (Å²) < 4.78 is 16.3. The predicted octanol–water partition coefficient (Wildman–Crippen LogP) is 3.90. The Hall–Kier alpha value is -3.02. The minimum absolute atomic E-state index is 0.108. The van der Waals surface area contributed by atoms with Crippen LogP contribution in [-0.2, 0) is 16.0 Å². The van der Waals surface area contributed by atoms with Crippen LogP contribution in [0.2, 0.25) is 0 Å². The average Bonchev–Trinajstić information content (AvgIpc) is 2.66. The van der Waals surface area contributed by atoms with E-state index in [4.69, 9.17) is 14.2 Å². The van der Waals surface area contributed by atoms with Crippen LogP contribution in [0.5, 0.6) is 11.5 Å². The molecule has 6 heteroatoms. The third-order valence-electron chi connectivity index (χ3n) is 4.89. The molecular formula is C21H21NO5. The lowest BCUT2D eigenvalue weighted by molar-refractivity contribution is -0.135. The number of para-hydroxylation sites is 1. The highest BCUT2D eigenvalue weighted by molar-refractivity contribution is 5.85. The van der Waals surface area contributed by atoms with Gasteiger partial charge in [-0.15, -0.1) is 0 Å². The maximum Gasteiger partial charge on any atom is 0.411 e. The van der Waals surface area contributed by atoms with Crippen LogP contribution in [-0.4, -0.2) is 25.3 Å². The quantitative estimate of drug-likeness (QED) is 0.658. The molecule has 0 aliphatic carbocycles. The summed E-state index contributed by atoms with van der Waals surface area (Å²) in [5.41, 5.74) is 2.63. The lowest BCUT2D eigenvalue weighted by atomic mass is 9.94. The fourth-order valence-electron chi connectivity index (χ4n) is 3.48. The van der Waals surface area contributed by atoms with Gasteiger partial charge < -0.3 is 14.2 Å². The number of carbonyl (C=O) groups excluding carboxylic acids is 2. The summed E-state index contributed by atoms with van der Waals surface area (Å²) in [6, 6.07) is 13.2. The number of amides is 1. The van der Waals surface area contributed by atoms with E-state index in [9.17, 15) is 9.59 Å². The van der Waals surface area contributed by atoms with Crippen molar-refractivity contribution in [2.75, 3.05) is 18.5 Å². The highest BCUT2D eigenvalue weighted by Crippen LogP contribution is 2.35. The fraction of sp³-hybridized carbons (Fsp3) is 0.333. The number of hydrogen-bond donors (Lipinski definition) is 1. The summed E-state index contributed by atoms with van der Waals surface area (Å²) in [4.78, 5) is 23.7. The van der Waals surface area contributed by atoms with Crippen LogP contribution < -0.4 is 14.8 Å². The molecule has 0 radical (unpaired) electrons. The lowest BCUT2D eigenvalue weighted by Crippen LogP contribution is -2.27. The van der Waals surface area contributed by atoms with Crippen LogP contribution in [0, 0.1) is 5.92 Å². The first-order chi connectivity index (χ1) is 13.1. The van der Waals surface area contributed by atoms with Crippen LogP contribution >= 0.6 is 0 Å². The monoisotopic (exact) mass is 367 g/mol. The Morgan fingerprint density at radius 1 is 1.19 bits per heavy atom. The topological polar surface area (TPSA) is 73.9 Å². The zero-order valence-corrected chi connectivity index (χ0v) is 15.1. The van der Waals surface area contributed by atoms with Gasteiger partial charge in [0.1, 0.15) is 11.5 Å². The van der Waals surface area contributed by atoms with Crippen molar-refractivity contribution >= 4 is 17.7 Å². The van der Waals surface area contributed by atoms with Crippen molar-refractivity contribution in [2.45, 2.75) is 25.7 Å². The van der Waals surface area contributed by atoms with Gasteiger partial charge in [-0.25, -0.2) is 4.79 Å². The standard InChI is InChI=1S/C21H21NO5/c1-13-8-20(23)27-19-10-16(6-7-17(13)19)22-21(24)26-12-14-9-15-4-2-3-5-18(15)25-11-14/h2-7,10,13-14H,8-9,11-12H2,1H3,(H,22,24). The molecule has 2 aliphatic rings. The number of nitrogens with one attached hydrogen (secondary N) is 1. The molecule has 4 rings (SSSR count). The van der Waals surface area contributed by atoms with Crippen molar-refractivity contribution in [1.82, 2.24) is 0 Å². The Labute approximate surface area is 157 Å². The molecule has 6 nitrogen and oxygen atoms in total. The second kappa shape index (κ2) is 7.31. The first-order valence-corrected chi connectivity index (χ1v) is 9.07. The first-order valence-electron chi connectivity index (χ1n) is 9.07. The van der Waals surface area contributed by atoms with Gasteiger partial charge in [0, 0.05) is 17.7 Å². The van der Waals surface area contributed by atoms with E-state index in [1.165, 1.54) is 0 Å². The van der Waals surface area contributed by atoms with Crippen LogP contribution in [0.3, 0.4) is 0 Å². The molecule has 0 bridgehead atoms. The molecule has 0 fully saturated rings. The van der Waals surface area contributed by atoms with Crippen LogP contribution in [0.4, 0.5) is 10.5 Å². The number of fused-ring (bicyclic) bond motifs is 2. The van der Waals surface area contributed by atoms with Crippen molar-refractivity contribution < 1.29 is 23.8 Å². The number of rotatable bonds is 3. The average molecular weight is 367 g/mol. The summed E-state index contributed by atoms with van der Waals surface area (Å²) in [7, 11) is 0. The number of anilines is 1. The van der Waals surface area contributed by atoms with Gasteiger partial charge in [0.25, 0.3) is 0 Å². The van der Waals surface area contributed by atoms with Gasteiger partial charge in [-0.05, 0) is 35.6 Å². The highest BCUT2D eigenvalue weighted by Gasteiger charge is 2.24. The number of ether oxygens (including phenoxy) is 3. The molecule has 0 spiro atoms. The van der Waals surface area contributed by atoms with Gasteiger partial charge in [0.05, 0.1) is 19.6 Å². The van der Waals surface area contributed by atoms with Crippen LogP contribution in [0.15, 0.2) is 42.5 Å². The largest absolute Gasteiger partial charge is 0.493 e. The van der Waals surface area contributed by atoms with Crippen molar-refractivity contribution in [3.05, 3.63) is 53.6 Å². The van der Waals surface area contributed by atoms with Gasteiger partial charge in [0.15, 0.2) is 0 Å². The third-order valence-corrected chi connectivity index (χ3v) is 4.89. The molecule has 0 saturated carbocycles. The van der Waals surface area contributed by atoms with Crippen LogP contribution in [0.1, 0.15) is 30.4 Å². The molecule has 2 heterocycles. The van der Waals surface area contributed by atoms with E-state index in [0.29, 0.717) is 24.5 Å². The maximum absolute atomic E-state index is 12.1. The van der Waals surface area contributed by atoms with Crippen LogP contribution in [0.25, 0.3) is 0 Å². The van der Waals surface area contributed by atoms with Crippen molar-refractivity contribution in [3.8, 4) is 11.5 Å². The second-order valence-electron chi connectivity index (χ2n) is 7.04. The number of benzene rings is 2. The summed E-state index contributed by atoms with van der Waals surface area (Å²) in [5.74, 6) is 1.37. The molecule has 0 saturated heterocycles. The Morgan fingerprint density at radius 3 is 2.93 bits per heavy atom. The fourth-order valence-corrected chi connectivity index (χ4v) is 3.48. The molecule has 2 aromatic rings. The Morgan fingerprint density at radius 2 is 2.04 bits per heavy atom. The Kier molecular flexibility index (Phi) is 4.71. The minimum Gasteiger partial charge on any atom is -0.493 e. The predicted molar refractivity (Wildman–Crippen MR) is 99.2 cm³/mol. The molecule has 2 unspecified atom stereocenters. The number of carbonyl (C=O) groups is 2. The summed E-state index contributed by atoms with van der Waals surface area (Å²) in [5, 5.41) is 2.69. The number of esters is 1. The summed E-state index contributed by atoms with van der Waals surface area (Å²) >= 11 is 0. The molecule has 1 amide bonds. The van der Waals surface area contributed by atoms with E-state index >= 15 is 0 Å². The van der Waals surface area contributed by atoms with Gasteiger partial charge in [-0.3, -0.25) is 10.1 Å². The van der Waals surface area contributed by atoms with E-state index in [2.05, 4.69) is 5.32 Å². The summed E-state index contributed by atoms with van der Waals surface area (Å²) in [6.07, 6.45) is 0.647. The van der Waals surface area contributed by atoms with E-state index in [-0.39, 0.29) is 24.4 Å². The maximum atomic E-state index is 12.1. The van der Waals surface area contributed by atoms with Gasteiger partial charge in [-0.2, -0.15) is 0 Å². The van der Waals surface area contributed by atoms with Crippen molar-refractivity contribution in [3.63, 3.8) is 0 Å². The van der Waals surface area contributed by atoms with Crippen molar-refractivity contribution in [1.29, 1.82) is 0 Å². The molecular weight excluding hydrogens is 346 g/mol. The molecule has 0 aromatic heterocycles. The minimum atomic E-state index is -0.538. The molecule has 1 N–H and O–H groups in total. The second-order valence-corrected chi connectivity index (χ2v) is 7.04. The number of hydrogen-bond acceptors (Lipinski definition) is 5. The van der Waals surface area contributed by atoms with Gasteiger partial charge >= 0.3 is 12.1 Å². The smallest absolute Gasteiger partial charge is 0.411 e. The molecule has 140 valence electrons. The van der Waals surface area contributed by atoms with Gasteiger partial charge in [-0.1, -0.05) is 31.2 Å². The van der Waals surface area contributed by atoms with E-state index in [1.807, 2.05) is 37.3 Å². The molecule has 2 aliphatic heterocycles. The third kappa shape index (κ3) is 3.89. The van der Waals surface area contributed by atoms with E-state index in [1.54, 1.807) is 12.1 Å².